The van der Waals surface area contributed by atoms with Gasteiger partial charge in [-0.25, -0.2) is 9.78 Å². The summed E-state index contributed by atoms with van der Waals surface area (Å²) >= 11 is 1.11. The molecule has 1 amide bonds. The van der Waals surface area contributed by atoms with E-state index < -0.39 is 11.5 Å². The number of anilines is 1. The summed E-state index contributed by atoms with van der Waals surface area (Å²) in [4.78, 5) is 28.9. The van der Waals surface area contributed by atoms with Gasteiger partial charge in [-0.2, -0.15) is 0 Å². The number of nitrogens with zero attached hydrogens (tertiary/aromatic N) is 1. The number of ether oxygens (including phenoxy) is 1. The van der Waals surface area contributed by atoms with E-state index in [1.807, 2.05) is 27.7 Å². The van der Waals surface area contributed by atoms with Crippen molar-refractivity contribution in [2.75, 3.05) is 12.4 Å². The highest BCUT2D eigenvalue weighted by atomic mass is 35.5. The lowest BCUT2D eigenvalue weighted by Gasteiger charge is -2.21. The highest BCUT2D eigenvalue weighted by Crippen LogP contribution is 2.33. The minimum absolute atomic E-state index is 0. The Kier molecular flexibility index (Phi) is 7.66. The molecule has 6 nitrogen and oxygen atoms in total. The van der Waals surface area contributed by atoms with Crippen molar-refractivity contribution < 1.29 is 14.3 Å². The molecule has 0 aromatic carbocycles. The number of hydrogen-bond donors (Lipinski definition) is 2. The third-order valence-electron chi connectivity index (χ3n) is 3.22. The van der Waals surface area contributed by atoms with Crippen molar-refractivity contribution >= 4 is 40.8 Å². The van der Waals surface area contributed by atoms with Crippen molar-refractivity contribution in [2.45, 2.75) is 58.4 Å². The number of esters is 1. The van der Waals surface area contributed by atoms with Crippen LogP contribution in [0.2, 0.25) is 0 Å². The summed E-state index contributed by atoms with van der Waals surface area (Å²) in [5.74, 6) is -0.757. The van der Waals surface area contributed by atoms with E-state index in [9.17, 15) is 9.59 Å². The van der Waals surface area contributed by atoms with E-state index in [2.05, 4.69) is 10.3 Å². The SMILES string of the molecule is CCCC(C)(N)C(=O)Nc1nc(C(C)(C)C)c(C(=O)OC)s1.Cl. The van der Waals surface area contributed by atoms with Crippen LogP contribution < -0.4 is 11.1 Å². The minimum atomic E-state index is -0.965. The van der Waals surface area contributed by atoms with Crippen LogP contribution >= 0.6 is 23.7 Å². The predicted molar refractivity (Wildman–Crippen MR) is 95.5 cm³/mol. The molecule has 1 rings (SSSR count). The molecule has 132 valence electrons. The largest absolute Gasteiger partial charge is 0.465 e. The minimum Gasteiger partial charge on any atom is -0.465 e. The van der Waals surface area contributed by atoms with Crippen LogP contribution in [-0.4, -0.2) is 29.5 Å². The lowest BCUT2D eigenvalue weighted by molar-refractivity contribution is -0.120. The normalized spacial score (nSPS) is 13.7. The van der Waals surface area contributed by atoms with Gasteiger partial charge in [-0.05, 0) is 13.3 Å². The maximum absolute atomic E-state index is 12.2. The molecule has 23 heavy (non-hydrogen) atoms. The summed E-state index contributed by atoms with van der Waals surface area (Å²) in [6.45, 7) is 9.50. The lowest BCUT2D eigenvalue weighted by Crippen LogP contribution is -2.48. The molecule has 3 N–H and O–H groups in total. The number of amides is 1. The van der Waals surface area contributed by atoms with Gasteiger partial charge in [-0.15, -0.1) is 12.4 Å². The van der Waals surface area contributed by atoms with Crippen LogP contribution in [0, 0.1) is 0 Å². The van der Waals surface area contributed by atoms with Crippen LogP contribution in [0.1, 0.15) is 62.8 Å². The molecule has 0 spiro atoms. The fourth-order valence-corrected chi connectivity index (χ4v) is 3.07. The molecule has 1 aromatic rings. The summed E-state index contributed by atoms with van der Waals surface area (Å²) in [7, 11) is 1.32. The lowest BCUT2D eigenvalue weighted by atomic mass is 9.91. The smallest absolute Gasteiger partial charge is 0.350 e. The van der Waals surface area contributed by atoms with Crippen LogP contribution in [0.15, 0.2) is 0 Å². The summed E-state index contributed by atoms with van der Waals surface area (Å²) in [5, 5.41) is 3.08. The third-order valence-corrected chi connectivity index (χ3v) is 4.17. The second-order valence-corrected chi connectivity index (χ2v) is 7.56. The van der Waals surface area contributed by atoms with Crippen molar-refractivity contribution in [3.8, 4) is 0 Å². The van der Waals surface area contributed by atoms with Crippen molar-refractivity contribution in [3.05, 3.63) is 10.6 Å². The number of halogens is 1. The average Bonchev–Trinajstić information content (AvgIpc) is 2.81. The number of carbonyl (C=O) groups is 2. The van der Waals surface area contributed by atoms with Crippen molar-refractivity contribution in [1.82, 2.24) is 4.98 Å². The number of nitrogens with two attached hydrogens (primary N) is 1. The molecule has 0 saturated heterocycles. The first kappa shape index (κ1) is 21.8. The van der Waals surface area contributed by atoms with Gasteiger partial charge >= 0.3 is 5.97 Å². The second-order valence-electron chi connectivity index (χ2n) is 6.56. The predicted octanol–water partition coefficient (Wildman–Crippen LogP) is 3.11. The number of methoxy groups -OCH3 is 1. The van der Waals surface area contributed by atoms with Gasteiger partial charge in [0.2, 0.25) is 5.91 Å². The Morgan fingerprint density at radius 3 is 2.30 bits per heavy atom. The molecule has 1 unspecified atom stereocenters. The molecule has 0 fully saturated rings. The van der Waals surface area contributed by atoms with E-state index >= 15 is 0 Å². The molecular formula is C15H26ClN3O3S. The molecule has 8 heteroatoms. The van der Waals surface area contributed by atoms with E-state index in [0.29, 0.717) is 22.1 Å². The van der Waals surface area contributed by atoms with Crippen LogP contribution in [0.25, 0.3) is 0 Å². The maximum atomic E-state index is 12.2. The molecule has 1 aromatic heterocycles. The van der Waals surface area contributed by atoms with E-state index in [1.54, 1.807) is 6.92 Å². The summed E-state index contributed by atoms with van der Waals surface area (Å²) in [6, 6.07) is 0. The highest BCUT2D eigenvalue weighted by Gasteiger charge is 2.31. The Hall–Kier alpha value is -1.18. The zero-order valence-electron chi connectivity index (χ0n) is 14.5. The Morgan fingerprint density at radius 1 is 1.30 bits per heavy atom. The maximum Gasteiger partial charge on any atom is 0.350 e. The van der Waals surface area contributed by atoms with Gasteiger partial charge in [0, 0.05) is 5.41 Å². The molecular weight excluding hydrogens is 338 g/mol. The average molecular weight is 364 g/mol. The first-order valence-electron chi connectivity index (χ1n) is 7.23. The molecule has 0 radical (unpaired) electrons. The molecule has 1 heterocycles. The monoisotopic (exact) mass is 363 g/mol. The first-order valence-corrected chi connectivity index (χ1v) is 8.04. The van der Waals surface area contributed by atoms with Crippen molar-refractivity contribution in [1.29, 1.82) is 0 Å². The third kappa shape index (κ3) is 5.44. The number of thiazole rings is 1. The topological polar surface area (TPSA) is 94.3 Å². The number of carbonyl (C=O) groups excluding carboxylic acids is 2. The van der Waals surface area contributed by atoms with Gasteiger partial charge in [0.1, 0.15) is 4.88 Å². The number of nitrogens with one attached hydrogen (secondary N) is 1. The van der Waals surface area contributed by atoms with Crippen LogP contribution in [-0.2, 0) is 14.9 Å². The van der Waals surface area contributed by atoms with Gasteiger partial charge in [0.25, 0.3) is 0 Å². The number of hydrogen-bond acceptors (Lipinski definition) is 6. The second kappa shape index (κ2) is 8.08. The van der Waals surface area contributed by atoms with Gasteiger partial charge in [-0.1, -0.05) is 45.5 Å². The molecule has 0 aliphatic carbocycles. The van der Waals surface area contributed by atoms with Crippen LogP contribution in [0.4, 0.5) is 5.13 Å². The Bertz CT molecular complexity index is 565. The van der Waals surface area contributed by atoms with E-state index in [4.69, 9.17) is 10.5 Å². The first-order chi connectivity index (χ1) is 10.0. The molecule has 0 bridgehead atoms. The zero-order chi connectivity index (χ0) is 17.1. The quantitative estimate of drug-likeness (QED) is 0.784. The number of aromatic nitrogens is 1. The van der Waals surface area contributed by atoms with Crippen LogP contribution in [0.3, 0.4) is 0 Å². The highest BCUT2D eigenvalue weighted by molar-refractivity contribution is 7.17. The Morgan fingerprint density at radius 2 is 1.87 bits per heavy atom. The fraction of sp³-hybridized carbons (Fsp3) is 0.667. The van der Waals surface area contributed by atoms with Gasteiger partial charge in [0.15, 0.2) is 5.13 Å². The molecule has 0 aliphatic rings. The summed E-state index contributed by atoms with van der Waals surface area (Å²) in [6.07, 6.45) is 1.37. The van der Waals surface area contributed by atoms with Gasteiger partial charge in [-0.3, -0.25) is 4.79 Å². The molecule has 1 atom stereocenters. The Labute approximate surface area is 147 Å². The zero-order valence-corrected chi connectivity index (χ0v) is 16.1. The number of rotatable bonds is 5. The summed E-state index contributed by atoms with van der Waals surface area (Å²) in [5.41, 5.74) is 5.31. The van der Waals surface area contributed by atoms with E-state index in [1.165, 1.54) is 7.11 Å². The fourth-order valence-electron chi connectivity index (χ4n) is 1.99. The van der Waals surface area contributed by atoms with Crippen molar-refractivity contribution in [2.24, 2.45) is 5.73 Å². The molecule has 0 aliphatic heterocycles. The Balaban J connectivity index is 0.00000484. The standard InChI is InChI=1S/C15H25N3O3S.ClH/c1-7-8-15(5,16)12(20)18-13-17-10(14(2,3)4)9(22-13)11(19)21-6;/h7-8,16H2,1-6H3,(H,17,18,20);1H. The van der Waals surface area contributed by atoms with Crippen LogP contribution in [0.5, 0.6) is 0 Å². The van der Waals surface area contributed by atoms with E-state index in [-0.39, 0.29) is 23.7 Å². The van der Waals surface area contributed by atoms with E-state index in [0.717, 1.165) is 17.8 Å². The van der Waals surface area contributed by atoms with Gasteiger partial charge in [0.05, 0.1) is 18.3 Å². The van der Waals surface area contributed by atoms with Crippen molar-refractivity contribution in [3.63, 3.8) is 0 Å². The molecule has 0 saturated carbocycles. The summed E-state index contributed by atoms with van der Waals surface area (Å²) < 4.78 is 4.79. The van der Waals surface area contributed by atoms with Gasteiger partial charge < -0.3 is 15.8 Å².